The Kier molecular flexibility index (Phi) is 12.1. The number of benzene rings is 12. The van der Waals surface area contributed by atoms with Gasteiger partial charge in [0.1, 0.15) is 0 Å². The summed E-state index contributed by atoms with van der Waals surface area (Å²) in [4.78, 5) is 7.89. The van der Waals surface area contributed by atoms with Gasteiger partial charge >= 0.3 is 0 Å². The van der Waals surface area contributed by atoms with Gasteiger partial charge in [-0.1, -0.05) is 239 Å². The average molecular weight is 1250 g/mol. The van der Waals surface area contributed by atoms with Gasteiger partial charge < -0.3 is 19.3 Å². The summed E-state index contributed by atoms with van der Waals surface area (Å²) in [5.41, 5.74) is 38.5. The Morgan fingerprint density at radius 2 is 0.856 bits per heavy atom. The predicted octanol–water partition coefficient (Wildman–Crippen LogP) is 19.4. The molecular weight excluding hydrogens is 1170 g/mol. The van der Waals surface area contributed by atoms with Gasteiger partial charge in [-0.05, 0) is 221 Å². The number of para-hydroxylation sites is 4. The molecule has 4 nitrogen and oxygen atoms in total. The van der Waals surface area contributed by atoms with Crippen molar-refractivity contribution in [2.24, 2.45) is 0 Å². The number of nitrogens with zero attached hydrogens (tertiary/aromatic N) is 4. The van der Waals surface area contributed by atoms with E-state index in [1.165, 1.54) is 178 Å². The Balaban J connectivity index is 0.697. The van der Waals surface area contributed by atoms with E-state index in [4.69, 9.17) is 0 Å². The van der Waals surface area contributed by atoms with Gasteiger partial charge in [-0.2, -0.15) is 0 Å². The molecule has 0 saturated heterocycles. The van der Waals surface area contributed by atoms with Crippen LogP contribution in [-0.2, 0) is 27.1 Å². The molecule has 13 aromatic rings. The zero-order valence-electron chi connectivity index (χ0n) is 58.0. The highest BCUT2D eigenvalue weighted by atomic mass is 15.2. The monoisotopic (exact) mass is 1250 g/mol. The number of hydrogen-bond donors (Lipinski definition) is 0. The van der Waals surface area contributed by atoms with Crippen molar-refractivity contribution in [3.05, 3.63) is 298 Å². The van der Waals surface area contributed by atoms with Crippen LogP contribution in [0.3, 0.4) is 0 Å². The fraction of sp³-hybridized carbons (Fsp3) is 0.209. The zero-order chi connectivity index (χ0) is 66.1. The van der Waals surface area contributed by atoms with Crippen molar-refractivity contribution in [1.82, 2.24) is 4.57 Å². The van der Waals surface area contributed by atoms with E-state index in [1.807, 2.05) is 0 Å². The van der Waals surface area contributed by atoms with Crippen molar-refractivity contribution < 1.29 is 0 Å². The number of anilines is 9. The van der Waals surface area contributed by atoms with Crippen LogP contribution in [0.5, 0.6) is 0 Å². The summed E-state index contributed by atoms with van der Waals surface area (Å²) in [5.74, 6) is 0. The second-order valence-electron chi connectivity index (χ2n) is 32.4. The fourth-order valence-electron chi connectivity index (χ4n) is 18.8. The molecule has 0 saturated carbocycles. The lowest BCUT2D eigenvalue weighted by atomic mass is 9.32. The lowest BCUT2D eigenvalue weighted by Crippen LogP contribution is -2.62. The van der Waals surface area contributed by atoms with E-state index in [9.17, 15) is 0 Å². The largest absolute Gasteiger partial charge is 0.311 e. The van der Waals surface area contributed by atoms with Gasteiger partial charge in [-0.25, -0.2) is 0 Å². The van der Waals surface area contributed by atoms with Crippen LogP contribution >= 0.6 is 0 Å². The maximum atomic E-state index is 2.66. The maximum Gasteiger partial charge on any atom is 0.252 e. The van der Waals surface area contributed by atoms with Crippen LogP contribution in [-0.4, -0.2) is 18.0 Å². The molecule has 1 aromatic heterocycles. The first kappa shape index (κ1) is 58.3. The molecular formula is C91H80B2N4. The van der Waals surface area contributed by atoms with Gasteiger partial charge in [0.05, 0.1) is 16.6 Å². The molecule has 0 radical (unpaired) electrons. The van der Waals surface area contributed by atoms with Crippen LogP contribution in [0.25, 0.3) is 38.6 Å². The Bertz CT molecular complexity index is 5530. The first-order valence-corrected chi connectivity index (χ1v) is 35.3. The predicted molar refractivity (Wildman–Crippen MR) is 414 cm³/mol. The van der Waals surface area contributed by atoms with Crippen LogP contribution in [0, 0.1) is 13.8 Å². The van der Waals surface area contributed by atoms with E-state index in [0.29, 0.717) is 0 Å². The molecule has 12 aromatic carbocycles. The fourth-order valence-corrected chi connectivity index (χ4v) is 18.8. The van der Waals surface area contributed by atoms with E-state index in [0.717, 1.165) is 12.8 Å². The molecule has 0 N–H and O–H groups in total. The van der Waals surface area contributed by atoms with E-state index < -0.39 is 5.41 Å². The van der Waals surface area contributed by atoms with Crippen molar-refractivity contribution in [3.63, 3.8) is 0 Å². The average Bonchev–Trinajstić information content (AvgIpc) is 1.66. The third-order valence-corrected chi connectivity index (χ3v) is 23.7. The van der Waals surface area contributed by atoms with Crippen LogP contribution in [0.15, 0.2) is 243 Å². The highest BCUT2D eigenvalue weighted by molar-refractivity contribution is 7.01. The Morgan fingerprint density at radius 1 is 0.330 bits per heavy atom. The molecule has 1 spiro atoms. The zero-order valence-corrected chi connectivity index (χ0v) is 58.0. The highest BCUT2D eigenvalue weighted by Crippen LogP contribution is 2.64. The standard InChI is InChI=1S/C91H80B2N4/c1-55-48-79-84-82(51-55)97-76-37-20-18-32-69(76)91(67-30-16-13-26-63(67)64-27-14-17-31-68(64)91)70-33-23-35-73(86(70)97)93(84)74-53-59(88(6,7)8)41-45-77(74)94(79)61-42-38-57(39-43-61)89(9,10)46-47-90(11,12)60-40-44-71-78(54-60)95(62-25-21-24-58(52-62)87(3,4)5)80-49-56(2)50-81-83(80)92(71)72-34-22-29-66-65-28-15-19-36-75(65)96(81)85(66)72/h13-45,48-54H,46-47H2,1-12H3. The van der Waals surface area contributed by atoms with Gasteiger partial charge in [0, 0.05) is 67.5 Å². The van der Waals surface area contributed by atoms with Gasteiger partial charge in [0.2, 0.25) is 0 Å². The Labute approximate surface area is 573 Å². The van der Waals surface area contributed by atoms with Crippen molar-refractivity contribution >= 4 is 119 Å². The second kappa shape index (κ2) is 20.0. The molecule has 97 heavy (non-hydrogen) atoms. The summed E-state index contributed by atoms with van der Waals surface area (Å²) in [7, 11) is 0. The van der Waals surface area contributed by atoms with Crippen LogP contribution in [0.2, 0.25) is 0 Å². The number of hydrogen-bond acceptors (Lipinski definition) is 3. The SMILES string of the molecule is Cc1cc2c3c(c1)N1c4ccccc4C4(c5ccccc5-c5ccccc54)c4cccc(c41)B3c1cc(C(C)(C)C)ccc1N2c1ccc(C(C)(C)CCC(C)(C)c2ccc3c(c2)N(c2cccc(C(C)(C)C)c2)c2cc(C)cc4c2B3c2cccc3c5ccccc5n-4c23)cc1. The number of fused-ring (bicyclic) bond motifs is 20. The first-order valence-electron chi connectivity index (χ1n) is 35.3. The Hall–Kier alpha value is -10.0. The molecule has 0 fully saturated rings. The van der Waals surface area contributed by atoms with Crippen LogP contribution in [0.1, 0.15) is 138 Å². The van der Waals surface area contributed by atoms with E-state index in [2.05, 4.69) is 345 Å². The van der Waals surface area contributed by atoms with E-state index in [-0.39, 0.29) is 35.1 Å². The number of rotatable bonds is 7. The third-order valence-electron chi connectivity index (χ3n) is 23.7. The van der Waals surface area contributed by atoms with Gasteiger partial charge in [-0.15, -0.1) is 0 Å². The van der Waals surface area contributed by atoms with Gasteiger partial charge in [-0.3, -0.25) is 0 Å². The van der Waals surface area contributed by atoms with Crippen LogP contribution in [0.4, 0.5) is 51.2 Å². The van der Waals surface area contributed by atoms with Gasteiger partial charge in [0.15, 0.2) is 0 Å². The molecule has 6 heteroatoms. The molecule has 6 heterocycles. The van der Waals surface area contributed by atoms with Crippen LogP contribution < -0.4 is 47.5 Å². The minimum absolute atomic E-state index is 0.00280. The van der Waals surface area contributed by atoms with E-state index in [1.54, 1.807) is 0 Å². The number of aromatic nitrogens is 1. The molecule has 1 aliphatic carbocycles. The van der Waals surface area contributed by atoms with Crippen molar-refractivity contribution in [2.45, 2.75) is 123 Å². The lowest BCUT2D eigenvalue weighted by molar-refractivity contribution is 0.375. The molecule has 0 atom stereocenters. The maximum absolute atomic E-state index is 2.66. The minimum atomic E-state index is -0.491. The molecule has 0 unspecified atom stereocenters. The molecule has 470 valence electrons. The summed E-state index contributed by atoms with van der Waals surface area (Å²) in [6.07, 6.45) is 2.03. The summed E-state index contributed by atoms with van der Waals surface area (Å²) >= 11 is 0. The smallest absolute Gasteiger partial charge is 0.252 e. The first-order chi connectivity index (χ1) is 46.7. The van der Waals surface area contributed by atoms with Crippen molar-refractivity contribution in [3.8, 4) is 16.8 Å². The quantitative estimate of drug-likeness (QED) is 0.148. The minimum Gasteiger partial charge on any atom is -0.311 e. The lowest BCUT2D eigenvalue weighted by Gasteiger charge is -2.51. The summed E-state index contributed by atoms with van der Waals surface area (Å²) in [5, 5.41) is 2.63. The normalized spacial score (nSPS) is 14.9. The topological polar surface area (TPSA) is 14.7 Å². The summed E-state index contributed by atoms with van der Waals surface area (Å²) in [6, 6.07) is 95.0. The van der Waals surface area contributed by atoms with Gasteiger partial charge in [0.25, 0.3) is 13.4 Å². The van der Waals surface area contributed by atoms with Crippen molar-refractivity contribution in [2.75, 3.05) is 14.7 Å². The molecule has 0 amide bonds. The Morgan fingerprint density at radius 3 is 1.57 bits per heavy atom. The third kappa shape index (κ3) is 8.02. The molecule has 19 rings (SSSR count). The highest BCUT2D eigenvalue weighted by Gasteiger charge is 2.55. The summed E-state index contributed by atoms with van der Waals surface area (Å²) in [6.45, 7) is 28.7. The van der Waals surface area contributed by atoms with Crippen molar-refractivity contribution in [1.29, 1.82) is 0 Å². The number of aryl methyl sites for hydroxylation is 2. The molecule has 0 bridgehead atoms. The molecule has 5 aliphatic heterocycles. The second-order valence-corrected chi connectivity index (χ2v) is 32.4. The summed E-state index contributed by atoms with van der Waals surface area (Å²) < 4.78 is 2.58. The van der Waals surface area contributed by atoms with E-state index >= 15 is 0 Å². The molecule has 6 aliphatic rings.